The molecule has 0 bridgehead atoms. The molecule has 0 aliphatic heterocycles. The second-order valence-corrected chi connectivity index (χ2v) is 5.65. The van der Waals surface area contributed by atoms with E-state index in [2.05, 4.69) is 11.8 Å². The number of benzene rings is 3. The van der Waals surface area contributed by atoms with Gasteiger partial charge >= 0.3 is 0 Å². The highest BCUT2D eigenvalue weighted by molar-refractivity contribution is 5.97. The van der Waals surface area contributed by atoms with E-state index in [1.165, 1.54) is 0 Å². The van der Waals surface area contributed by atoms with Gasteiger partial charge in [0, 0.05) is 16.7 Å². The molecule has 0 heterocycles. The summed E-state index contributed by atoms with van der Waals surface area (Å²) < 4.78 is 5.80. The highest BCUT2D eigenvalue weighted by Gasteiger charge is 2.08. The SMILES string of the molecule is CC(=O)c1cc(OCc2ccccc2)ccc1C#Cc1ccccc1. The highest BCUT2D eigenvalue weighted by atomic mass is 16.5. The molecule has 0 atom stereocenters. The lowest BCUT2D eigenvalue weighted by Gasteiger charge is -2.08. The van der Waals surface area contributed by atoms with Gasteiger partial charge in [0.05, 0.1) is 0 Å². The summed E-state index contributed by atoms with van der Waals surface area (Å²) in [6.07, 6.45) is 0. The van der Waals surface area contributed by atoms with Gasteiger partial charge in [-0.2, -0.15) is 0 Å². The van der Waals surface area contributed by atoms with Crippen LogP contribution in [0.5, 0.6) is 5.75 Å². The van der Waals surface area contributed by atoms with Gasteiger partial charge < -0.3 is 4.74 Å². The zero-order valence-corrected chi connectivity index (χ0v) is 14.0. The van der Waals surface area contributed by atoms with Gasteiger partial charge in [-0.3, -0.25) is 4.79 Å². The number of hydrogen-bond donors (Lipinski definition) is 0. The van der Waals surface area contributed by atoms with E-state index in [-0.39, 0.29) is 5.78 Å². The van der Waals surface area contributed by atoms with Crippen molar-refractivity contribution in [2.24, 2.45) is 0 Å². The largest absolute Gasteiger partial charge is 0.489 e. The Hall–Kier alpha value is -3.31. The molecule has 3 rings (SSSR count). The van der Waals surface area contributed by atoms with Crippen LogP contribution >= 0.6 is 0 Å². The molecule has 2 nitrogen and oxygen atoms in total. The quantitative estimate of drug-likeness (QED) is 0.505. The van der Waals surface area contributed by atoms with Crippen molar-refractivity contribution in [3.8, 4) is 17.6 Å². The van der Waals surface area contributed by atoms with E-state index in [0.717, 1.165) is 11.1 Å². The molecule has 0 amide bonds. The Kier molecular flexibility index (Phi) is 5.29. The van der Waals surface area contributed by atoms with Crippen LogP contribution in [0, 0.1) is 11.8 Å². The smallest absolute Gasteiger partial charge is 0.161 e. The van der Waals surface area contributed by atoms with Crippen LogP contribution < -0.4 is 4.74 Å². The van der Waals surface area contributed by atoms with Gasteiger partial charge in [0.1, 0.15) is 12.4 Å². The lowest BCUT2D eigenvalue weighted by molar-refractivity contribution is 0.101. The van der Waals surface area contributed by atoms with Gasteiger partial charge in [0.2, 0.25) is 0 Å². The van der Waals surface area contributed by atoms with E-state index in [0.29, 0.717) is 23.5 Å². The van der Waals surface area contributed by atoms with E-state index in [1.54, 1.807) is 13.0 Å². The molecule has 0 fully saturated rings. The van der Waals surface area contributed by atoms with Crippen molar-refractivity contribution in [3.63, 3.8) is 0 Å². The van der Waals surface area contributed by atoms with Crippen LogP contribution in [0.15, 0.2) is 78.9 Å². The average molecular weight is 326 g/mol. The van der Waals surface area contributed by atoms with Gasteiger partial charge in [-0.05, 0) is 42.8 Å². The molecule has 0 aliphatic carbocycles. The number of carbonyl (C=O) groups excluding carboxylic acids is 1. The van der Waals surface area contributed by atoms with Crippen molar-refractivity contribution >= 4 is 5.78 Å². The summed E-state index contributed by atoms with van der Waals surface area (Å²) in [6, 6.07) is 25.1. The Balaban J connectivity index is 1.81. The molecule has 0 saturated heterocycles. The number of ketones is 1. The maximum absolute atomic E-state index is 12.0. The molecule has 0 unspecified atom stereocenters. The van der Waals surface area contributed by atoms with E-state index in [1.807, 2.05) is 72.8 Å². The molecular formula is C23H18O2. The van der Waals surface area contributed by atoms with Crippen molar-refractivity contribution in [2.45, 2.75) is 13.5 Å². The van der Waals surface area contributed by atoms with E-state index in [4.69, 9.17) is 4.74 Å². The lowest BCUT2D eigenvalue weighted by atomic mass is 10.0. The van der Waals surface area contributed by atoms with Crippen molar-refractivity contribution < 1.29 is 9.53 Å². The standard InChI is InChI=1S/C23H18O2/c1-18(24)23-16-22(25-17-20-10-6-3-7-11-20)15-14-21(23)13-12-19-8-4-2-5-9-19/h2-11,14-16H,17H2,1H3. The molecule has 0 aliphatic rings. The molecule has 3 aromatic carbocycles. The van der Waals surface area contributed by atoms with Crippen LogP contribution in [-0.4, -0.2) is 5.78 Å². The predicted octanol–water partition coefficient (Wildman–Crippen LogP) is 4.87. The topological polar surface area (TPSA) is 26.3 Å². The fourth-order valence-corrected chi connectivity index (χ4v) is 2.42. The maximum Gasteiger partial charge on any atom is 0.161 e. The number of carbonyl (C=O) groups is 1. The van der Waals surface area contributed by atoms with Crippen LogP contribution in [0.2, 0.25) is 0 Å². The normalized spacial score (nSPS) is 9.80. The lowest BCUT2D eigenvalue weighted by Crippen LogP contribution is -2.00. The average Bonchev–Trinajstić information content (AvgIpc) is 2.66. The molecule has 2 heteroatoms. The van der Waals surface area contributed by atoms with E-state index >= 15 is 0 Å². The summed E-state index contributed by atoms with van der Waals surface area (Å²) >= 11 is 0. The van der Waals surface area contributed by atoms with Crippen molar-refractivity contribution in [1.29, 1.82) is 0 Å². The van der Waals surface area contributed by atoms with Gasteiger partial charge in [0.25, 0.3) is 0 Å². The molecule has 0 spiro atoms. The van der Waals surface area contributed by atoms with Crippen LogP contribution in [-0.2, 0) is 6.61 Å². The highest BCUT2D eigenvalue weighted by Crippen LogP contribution is 2.19. The molecule has 122 valence electrons. The molecular weight excluding hydrogens is 308 g/mol. The first-order valence-corrected chi connectivity index (χ1v) is 8.11. The Morgan fingerprint density at radius 3 is 2.24 bits per heavy atom. The first-order valence-electron chi connectivity index (χ1n) is 8.11. The van der Waals surface area contributed by atoms with Crippen molar-refractivity contribution in [3.05, 3.63) is 101 Å². The molecule has 0 aromatic heterocycles. The minimum atomic E-state index is -0.0254. The number of ether oxygens (including phenoxy) is 1. The summed E-state index contributed by atoms with van der Waals surface area (Å²) in [6.45, 7) is 2.01. The number of Topliss-reactive ketones (excluding diaryl/α,β-unsaturated/α-hetero) is 1. The van der Waals surface area contributed by atoms with Gasteiger partial charge in [0.15, 0.2) is 5.78 Å². The van der Waals surface area contributed by atoms with Crippen LogP contribution in [0.4, 0.5) is 0 Å². The van der Waals surface area contributed by atoms with Crippen LogP contribution in [0.1, 0.15) is 34.0 Å². The fourth-order valence-electron chi connectivity index (χ4n) is 2.42. The molecule has 0 radical (unpaired) electrons. The second-order valence-electron chi connectivity index (χ2n) is 5.65. The van der Waals surface area contributed by atoms with E-state index < -0.39 is 0 Å². The van der Waals surface area contributed by atoms with Crippen molar-refractivity contribution in [1.82, 2.24) is 0 Å². The summed E-state index contributed by atoms with van der Waals surface area (Å²) in [7, 11) is 0. The zero-order valence-electron chi connectivity index (χ0n) is 14.0. The van der Waals surface area contributed by atoms with Crippen LogP contribution in [0.25, 0.3) is 0 Å². The first-order chi connectivity index (χ1) is 12.2. The third-order valence-corrected chi connectivity index (χ3v) is 3.73. The van der Waals surface area contributed by atoms with Gasteiger partial charge in [-0.1, -0.05) is 60.4 Å². The third-order valence-electron chi connectivity index (χ3n) is 3.73. The molecule has 25 heavy (non-hydrogen) atoms. The molecule has 0 N–H and O–H groups in total. The Morgan fingerprint density at radius 1 is 0.880 bits per heavy atom. The molecule has 3 aromatic rings. The summed E-state index contributed by atoms with van der Waals surface area (Å²) in [5.74, 6) is 6.82. The fraction of sp³-hybridized carbons (Fsp3) is 0.0870. The first kappa shape index (κ1) is 16.5. The minimum absolute atomic E-state index is 0.0254. The monoisotopic (exact) mass is 326 g/mol. The summed E-state index contributed by atoms with van der Waals surface area (Å²) in [5, 5.41) is 0. The Labute approximate surface area is 148 Å². The predicted molar refractivity (Wildman–Crippen MR) is 99.6 cm³/mol. The van der Waals surface area contributed by atoms with E-state index in [9.17, 15) is 4.79 Å². The second kappa shape index (κ2) is 7.99. The zero-order chi connectivity index (χ0) is 17.5. The maximum atomic E-state index is 12.0. The van der Waals surface area contributed by atoms with Gasteiger partial charge in [-0.15, -0.1) is 0 Å². The van der Waals surface area contributed by atoms with Crippen LogP contribution in [0.3, 0.4) is 0 Å². The minimum Gasteiger partial charge on any atom is -0.489 e. The summed E-state index contributed by atoms with van der Waals surface area (Å²) in [5.41, 5.74) is 3.29. The van der Waals surface area contributed by atoms with Gasteiger partial charge in [-0.25, -0.2) is 0 Å². The Bertz CT molecular complexity index is 917. The summed E-state index contributed by atoms with van der Waals surface area (Å²) in [4.78, 5) is 12.0. The number of hydrogen-bond acceptors (Lipinski definition) is 2. The number of rotatable bonds is 4. The third kappa shape index (κ3) is 4.59. The molecule has 0 saturated carbocycles. The van der Waals surface area contributed by atoms with Crippen molar-refractivity contribution in [2.75, 3.05) is 0 Å². The Morgan fingerprint density at radius 2 is 1.56 bits per heavy atom.